The van der Waals surface area contributed by atoms with Gasteiger partial charge in [-0.05, 0) is 23.6 Å². The van der Waals surface area contributed by atoms with Crippen LogP contribution in [0, 0.1) is 0 Å². The van der Waals surface area contributed by atoms with Crippen LogP contribution in [0.25, 0.3) is 10.6 Å². The third-order valence-electron chi connectivity index (χ3n) is 2.92. The first-order valence-corrected chi connectivity index (χ1v) is 7.43. The Bertz CT molecular complexity index is 828. The molecule has 3 rings (SSSR count). The summed E-state index contributed by atoms with van der Waals surface area (Å²) in [7, 11) is 0. The summed E-state index contributed by atoms with van der Waals surface area (Å²) in [6.07, 6.45) is 0. The molecule has 0 atom stereocenters. The van der Waals surface area contributed by atoms with Gasteiger partial charge >= 0.3 is 12.0 Å². The van der Waals surface area contributed by atoms with Crippen molar-refractivity contribution in [3.8, 4) is 10.6 Å². The second kappa shape index (κ2) is 6.32. The van der Waals surface area contributed by atoms with Gasteiger partial charge in [0, 0.05) is 5.69 Å². The number of nitrogens with one attached hydrogen (secondary N) is 2. The summed E-state index contributed by atoms with van der Waals surface area (Å²) >= 11 is 1.33. The molecule has 116 valence electrons. The fourth-order valence-electron chi connectivity index (χ4n) is 1.94. The molecular weight excluding hydrogens is 318 g/mol. The number of thiophene rings is 1. The van der Waals surface area contributed by atoms with Crippen LogP contribution in [0.15, 0.2) is 52.4 Å². The van der Waals surface area contributed by atoms with Gasteiger partial charge in [-0.2, -0.15) is 0 Å². The molecule has 8 heteroatoms. The van der Waals surface area contributed by atoms with Gasteiger partial charge in [0.15, 0.2) is 5.56 Å². The molecule has 0 fully saturated rings. The van der Waals surface area contributed by atoms with Crippen molar-refractivity contribution in [3.63, 3.8) is 0 Å². The molecule has 7 nitrogen and oxygen atoms in total. The molecule has 0 aliphatic carbocycles. The van der Waals surface area contributed by atoms with E-state index in [4.69, 9.17) is 4.52 Å². The minimum atomic E-state index is -1.23. The third-order valence-corrected chi connectivity index (χ3v) is 3.80. The second-order valence-corrected chi connectivity index (χ2v) is 5.41. The Kier molecular flexibility index (Phi) is 4.07. The number of carboxylic acids is 1. The molecule has 2 aromatic heterocycles. The average Bonchev–Trinajstić information content (AvgIpc) is 3.16. The van der Waals surface area contributed by atoms with Gasteiger partial charge in [0.25, 0.3) is 0 Å². The first-order chi connectivity index (χ1) is 11.1. The molecule has 0 radical (unpaired) electrons. The van der Waals surface area contributed by atoms with Crippen molar-refractivity contribution in [2.75, 3.05) is 10.6 Å². The van der Waals surface area contributed by atoms with Crippen LogP contribution in [0.3, 0.4) is 0 Å². The SMILES string of the molecule is O=C(Nc1ccccc1)Nc1onc(-c2cccs2)c1C(=O)O. The summed E-state index contributed by atoms with van der Waals surface area (Å²) in [6, 6.07) is 11.6. The van der Waals surface area contributed by atoms with E-state index in [2.05, 4.69) is 15.8 Å². The molecule has 0 aliphatic rings. The number of urea groups is 1. The number of carbonyl (C=O) groups excluding carboxylic acids is 1. The van der Waals surface area contributed by atoms with Crippen molar-refractivity contribution >= 4 is 34.9 Å². The fourth-order valence-corrected chi connectivity index (χ4v) is 2.65. The van der Waals surface area contributed by atoms with Crippen LogP contribution in [0.5, 0.6) is 0 Å². The molecule has 0 saturated carbocycles. The number of carbonyl (C=O) groups is 2. The van der Waals surface area contributed by atoms with Crippen molar-refractivity contribution < 1.29 is 19.2 Å². The van der Waals surface area contributed by atoms with E-state index in [1.165, 1.54) is 11.3 Å². The zero-order valence-electron chi connectivity index (χ0n) is 11.6. The van der Waals surface area contributed by atoms with Crippen LogP contribution in [0.2, 0.25) is 0 Å². The lowest BCUT2D eigenvalue weighted by Crippen LogP contribution is -2.20. The maximum absolute atomic E-state index is 12.0. The van der Waals surface area contributed by atoms with Crippen LogP contribution < -0.4 is 10.6 Å². The zero-order chi connectivity index (χ0) is 16.2. The predicted octanol–water partition coefficient (Wildman–Crippen LogP) is 3.75. The molecular formula is C15H11N3O4S. The highest BCUT2D eigenvalue weighted by molar-refractivity contribution is 7.13. The van der Waals surface area contributed by atoms with Gasteiger partial charge in [0.2, 0.25) is 5.88 Å². The Labute approximate surface area is 134 Å². The van der Waals surface area contributed by atoms with Crippen LogP contribution in [0.4, 0.5) is 16.4 Å². The van der Waals surface area contributed by atoms with E-state index >= 15 is 0 Å². The molecule has 0 bridgehead atoms. The number of para-hydroxylation sites is 1. The molecule has 0 unspecified atom stereocenters. The summed E-state index contributed by atoms with van der Waals surface area (Å²) < 4.78 is 4.99. The average molecular weight is 329 g/mol. The number of aromatic nitrogens is 1. The largest absolute Gasteiger partial charge is 0.477 e. The maximum atomic E-state index is 12.0. The van der Waals surface area contributed by atoms with Crippen molar-refractivity contribution in [2.45, 2.75) is 0 Å². The van der Waals surface area contributed by atoms with Gasteiger partial charge in [-0.25, -0.2) is 9.59 Å². The number of nitrogens with zero attached hydrogens (tertiary/aromatic N) is 1. The summed E-state index contributed by atoms with van der Waals surface area (Å²) in [5.41, 5.74) is 0.568. The highest BCUT2D eigenvalue weighted by Gasteiger charge is 2.25. The van der Waals surface area contributed by atoms with E-state index in [0.29, 0.717) is 10.6 Å². The summed E-state index contributed by atoms with van der Waals surface area (Å²) in [5, 5.41) is 19.9. The number of rotatable bonds is 4. The summed E-state index contributed by atoms with van der Waals surface area (Å²) in [4.78, 5) is 24.1. The van der Waals surface area contributed by atoms with E-state index in [1.807, 2.05) is 6.07 Å². The van der Waals surface area contributed by atoms with Crippen LogP contribution in [0.1, 0.15) is 10.4 Å². The highest BCUT2D eigenvalue weighted by atomic mass is 32.1. The maximum Gasteiger partial charge on any atom is 0.343 e. The summed E-state index contributed by atoms with van der Waals surface area (Å²) in [6.45, 7) is 0. The van der Waals surface area contributed by atoms with Crippen molar-refractivity contribution in [1.29, 1.82) is 0 Å². The standard InChI is InChI=1S/C15H11N3O4S/c19-14(20)11-12(10-7-4-8-23-10)18-22-13(11)17-15(21)16-9-5-2-1-3-6-9/h1-8H,(H,19,20)(H2,16,17,21). The molecule has 2 amide bonds. The van der Waals surface area contributed by atoms with Crippen molar-refractivity contribution in [2.24, 2.45) is 0 Å². The Morgan fingerprint density at radius 2 is 1.87 bits per heavy atom. The normalized spacial score (nSPS) is 10.3. The summed E-state index contributed by atoms with van der Waals surface area (Å²) in [5.74, 6) is -1.45. The minimum Gasteiger partial charge on any atom is -0.477 e. The fraction of sp³-hybridized carbons (Fsp3) is 0. The van der Waals surface area contributed by atoms with Gasteiger partial charge < -0.3 is 14.9 Å². The molecule has 0 aliphatic heterocycles. The second-order valence-electron chi connectivity index (χ2n) is 4.46. The van der Waals surface area contributed by atoms with E-state index in [1.54, 1.807) is 41.8 Å². The molecule has 0 saturated heterocycles. The smallest absolute Gasteiger partial charge is 0.343 e. The quantitative estimate of drug-likeness (QED) is 0.676. The molecule has 3 aromatic rings. The lowest BCUT2D eigenvalue weighted by atomic mass is 10.2. The number of hydrogen-bond acceptors (Lipinski definition) is 5. The van der Waals surface area contributed by atoms with Gasteiger partial charge in [-0.3, -0.25) is 5.32 Å². The van der Waals surface area contributed by atoms with Gasteiger partial charge in [0.05, 0.1) is 4.88 Å². The van der Waals surface area contributed by atoms with Gasteiger partial charge in [0.1, 0.15) is 5.69 Å². The molecule has 1 aromatic carbocycles. The van der Waals surface area contributed by atoms with E-state index in [-0.39, 0.29) is 17.1 Å². The Balaban J connectivity index is 1.83. The van der Waals surface area contributed by atoms with Crippen molar-refractivity contribution in [1.82, 2.24) is 5.16 Å². The van der Waals surface area contributed by atoms with Crippen LogP contribution in [-0.2, 0) is 0 Å². The number of amides is 2. The Hall–Kier alpha value is -3.13. The number of aromatic carboxylic acids is 1. The first-order valence-electron chi connectivity index (χ1n) is 6.55. The molecule has 0 spiro atoms. The molecule has 3 N–H and O–H groups in total. The van der Waals surface area contributed by atoms with Crippen molar-refractivity contribution in [3.05, 3.63) is 53.4 Å². The minimum absolute atomic E-state index is 0.183. The number of benzene rings is 1. The van der Waals surface area contributed by atoms with E-state index < -0.39 is 12.0 Å². The zero-order valence-corrected chi connectivity index (χ0v) is 12.5. The van der Waals surface area contributed by atoms with Gasteiger partial charge in [-0.1, -0.05) is 29.4 Å². The van der Waals surface area contributed by atoms with Crippen LogP contribution >= 0.6 is 11.3 Å². The van der Waals surface area contributed by atoms with E-state index in [0.717, 1.165) is 0 Å². The lowest BCUT2D eigenvalue weighted by molar-refractivity contribution is 0.0698. The predicted molar refractivity (Wildman–Crippen MR) is 85.9 cm³/mol. The van der Waals surface area contributed by atoms with E-state index in [9.17, 15) is 14.7 Å². The topological polar surface area (TPSA) is 104 Å². The number of hydrogen-bond donors (Lipinski definition) is 3. The molecule has 2 heterocycles. The first kappa shape index (κ1) is 14.8. The van der Waals surface area contributed by atoms with Crippen LogP contribution in [-0.4, -0.2) is 22.3 Å². The highest BCUT2D eigenvalue weighted by Crippen LogP contribution is 2.31. The lowest BCUT2D eigenvalue weighted by Gasteiger charge is -2.05. The van der Waals surface area contributed by atoms with Gasteiger partial charge in [-0.15, -0.1) is 11.3 Å². The number of carboxylic acid groups (broad SMARTS) is 1. The number of anilines is 2. The Morgan fingerprint density at radius 3 is 2.52 bits per heavy atom. The molecule has 23 heavy (non-hydrogen) atoms. The monoisotopic (exact) mass is 329 g/mol. The Morgan fingerprint density at radius 1 is 1.09 bits per heavy atom. The third kappa shape index (κ3) is 3.22.